The lowest BCUT2D eigenvalue weighted by Crippen LogP contribution is -2.52. The SMILES string of the molecule is O=C(c1cc(-c2cccs2)nc2ccccc12)N1CCN(C(=O)C2CCCO2)CC1. The van der Waals surface area contributed by atoms with Crippen molar-refractivity contribution in [2.75, 3.05) is 32.8 Å². The van der Waals surface area contributed by atoms with Crippen molar-refractivity contribution in [3.05, 3.63) is 53.4 Å². The molecule has 0 N–H and O–H groups in total. The van der Waals surface area contributed by atoms with Crippen molar-refractivity contribution < 1.29 is 14.3 Å². The summed E-state index contributed by atoms with van der Waals surface area (Å²) in [5.41, 5.74) is 2.31. The number of hydrogen-bond acceptors (Lipinski definition) is 5. The number of para-hydroxylation sites is 1. The van der Waals surface area contributed by atoms with Gasteiger partial charge in [-0.05, 0) is 36.4 Å². The van der Waals surface area contributed by atoms with E-state index < -0.39 is 0 Å². The van der Waals surface area contributed by atoms with Crippen LogP contribution in [0.15, 0.2) is 47.8 Å². The number of pyridine rings is 1. The Morgan fingerprint density at radius 2 is 1.83 bits per heavy atom. The molecule has 3 aromatic rings. The highest BCUT2D eigenvalue weighted by Gasteiger charge is 2.32. The predicted octanol–water partition coefficient (Wildman–Crippen LogP) is 3.43. The number of nitrogens with zero attached hydrogens (tertiary/aromatic N) is 3. The molecule has 1 aromatic carbocycles. The first-order valence-corrected chi connectivity index (χ1v) is 11.2. The molecule has 0 spiro atoms. The summed E-state index contributed by atoms with van der Waals surface area (Å²) in [5.74, 6) is 0.0598. The summed E-state index contributed by atoms with van der Waals surface area (Å²) in [5, 5.41) is 2.87. The highest BCUT2D eigenvalue weighted by Crippen LogP contribution is 2.29. The largest absolute Gasteiger partial charge is 0.368 e. The zero-order chi connectivity index (χ0) is 20.5. The zero-order valence-electron chi connectivity index (χ0n) is 16.6. The molecule has 0 radical (unpaired) electrons. The molecule has 2 aliphatic rings. The van der Waals surface area contributed by atoms with E-state index in [4.69, 9.17) is 9.72 Å². The van der Waals surface area contributed by atoms with Gasteiger partial charge in [-0.1, -0.05) is 24.3 Å². The molecule has 2 saturated heterocycles. The maximum atomic E-state index is 13.4. The molecule has 0 aliphatic carbocycles. The van der Waals surface area contributed by atoms with Gasteiger partial charge < -0.3 is 14.5 Å². The lowest BCUT2D eigenvalue weighted by molar-refractivity contribution is -0.142. The first kappa shape index (κ1) is 19.2. The van der Waals surface area contributed by atoms with E-state index in [1.54, 1.807) is 11.3 Å². The molecular weight excluding hydrogens is 398 g/mol. The number of carbonyl (C=O) groups is 2. The zero-order valence-corrected chi connectivity index (χ0v) is 17.4. The van der Waals surface area contributed by atoms with Crippen molar-refractivity contribution in [2.45, 2.75) is 18.9 Å². The van der Waals surface area contributed by atoms with Gasteiger partial charge >= 0.3 is 0 Å². The number of benzene rings is 1. The predicted molar refractivity (Wildman–Crippen MR) is 117 cm³/mol. The number of carbonyl (C=O) groups excluding carboxylic acids is 2. The Kier molecular flexibility index (Phi) is 5.23. The molecule has 1 atom stereocenters. The minimum atomic E-state index is -0.301. The molecule has 0 saturated carbocycles. The molecule has 6 nitrogen and oxygen atoms in total. The summed E-state index contributed by atoms with van der Waals surface area (Å²) in [6.07, 6.45) is 1.44. The smallest absolute Gasteiger partial charge is 0.254 e. The molecule has 0 bridgehead atoms. The Hall–Kier alpha value is -2.77. The Bertz CT molecular complexity index is 1070. The maximum absolute atomic E-state index is 13.4. The second kappa shape index (κ2) is 8.16. The summed E-state index contributed by atoms with van der Waals surface area (Å²) in [4.78, 5) is 35.5. The average molecular weight is 422 g/mol. The van der Waals surface area contributed by atoms with Crippen LogP contribution in [0.2, 0.25) is 0 Å². The van der Waals surface area contributed by atoms with Crippen LogP contribution in [0.25, 0.3) is 21.5 Å². The summed E-state index contributed by atoms with van der Waals surface area (Å²) in [6.45, 7) is 2.82. The summed E-state index contributed by atoms with van der Waals surface area (Å²) >= 11 is 1.61. The number of amides is 2. The van der Waals surface area contributed by atoms with Crippen molar-refractivity contribution >= 4 is 34.1 Å². The number of ether oxygens (including phenoxy) is 1. The fraction of sp³-hybridized carbons (Fsp3) is 0.348. The normalized spacial score (nSPS) is 19.4. The molecule has 7 heteroatoms. The quantitative estimate of drug-likeness (QED) is 0.650. The van der Waals surface area contributed by atoms with E-state index in [1.807, 2.05) is 57.6 Å². The van der Waals surface area contributed by atoms with E-state index in [2.05, 4.69) is 0 Å². The molecule has 2 fully saturated rings. The number of aromatic nitrogens is 1. The van der Waals surface area contributed by atoms with Gasteiger partial charge in [0, 0.05) is 38.2 Å². The van der Waals surface area contributed by atoms with Crippen molar-refractivity contribution in [3.8, 4) is 10.6 Å². The fourth-order valence-corrected chi connectivity index (χ4v) is 4.87. The third kappa shape index (κ3) is 3.59. The molecule has 2 amide bonds. The Morgan fingerprint density at radius 3 is 2.57 bits per heavy atom. The Labute approximate surface area is 179 Å². The maximum Gasteiger partial charge on any atom is 0.254 e. The molecule has 4 heterocycles. The summed E-state index contributed by atoms with van der Waals surface area (Å²) in [6, 6.07) is 13.7. The molecule has 154 valence electrons. The lowest BCUT2D eigenvalue weighted by atomic mass is 10.1. The van der Waals surface area contributed by atoms with E-state index in [0.29, 0.717) is 38.3 Å². The number of piperazine rings is 1. The van der Waals surface area contributed by atoms with Crippen molar-refractivity contribution in [1.29, 1.82) is 0 Å². The van der Waals surface area contributed by atoms with Crippen molar-refractivity contribution in [1.82, 2.24) is 14.8 Å². The third-order valence-electron chi connectivity index (χ3n) is 5.80. The van der Waals surface area contributed by atoms with Gasteiger partial charge in [0.15, 0.2) is 0 Å². The van der Waals surface area contributed by atoms with Crippen LogP contribution in [0.1, 0.15) is 23.2 Å². The summed E-state index contributed by atoms with van der Waals surface area (Å²) in [7, 11) is 0. The van der Waals surface area contributed by atoms with Gasteiger partial charge in [0.2, 0.25) is 0 Å². The van der Waals surface area contributed by atoms with Crippen LogP contribution in [-0.2, 0) is 9.53 Å². The molecule has 30 heavy (non-hydrogen) atoms. The van der Waals surface area contributed by atoms with Crippen LogP contribution in [0.3, 0.4) is 0 Å². The van der Waals surface area contributed by atoms with Gasteiger partial charge in [0.25, 0.3) is 11.8 Å². The van der Waals surface area contributed by atoms with E-state index in [9.17, 15) is 9.59 Å². The van der Waals surface area contributed by atoms with Crippen LogP contribution in [-0.4, -0.2) is 65.5 Å². The van der Waals surface area contributed by atoms with Gasteiger partial charge in [-0.25, -0.2) is 4.98 Å². The minimum absolute atomic E-state index is 0.00405. The van der Waals surface area contributed by atoms with Crippen LogP contribution in [0.5, 0.6) is 0 Å². The van der Waals surface area contributed by atoms with Gasteiger partial charge in [-0.2, -0.15) is 0 Å². The van der Waals surface area contributed by atoms with E-state index >= 15 is 0 Å². The van der Waals surface area contributed by atoms with Crippen molar-refractivity contribution in [3.63, 3.8) is 0 Å². The van der Waals surface area contributed by atoms with Crippen LogP contribution in [0, 0.1) is 0 Å². The number of rotatable bonds is 3. The number of fused-ring (bicyclic) bond motifs is 1. The average Bonchev–Trinajstić information content (AvgIpc) is 3.52. The topological polar surface area (TPSA) is 62.7 Å². The Balaban J connectivity index is 1.38. The molecule has 5 rings (SSSR count). The monoisotopic (exact) mass is 421 g/mol. The second-order valence-corrected chi connectivity index (χ2v) is 8.62. The van der Waals surface area contributed by atoms with E-state index in [0.717, 1.165) is 34.3 Å². The van der Waals surface area contributed by atoms with Crippen LogP contribution >= 0.6 is 11.3 Å². The van der Waals surface area contributed by atoms with Crippen molar-refractivity contribution in [2.24, 2.45) is 0 Å². The third-order valence-corrected chi connectivity index (χ3v) is 6.70. The molecule has 2 aliphatic heterocycles. The van der Waals surface area contributed by atoms with Crippen LogP contribution in [0.4, 0.5) is 0 Å². The van der Waals surface area contributed by atoms with Gasteiger partial charge in [0.1, 0.15) is 6.10 Å². The summed E-state index contributed by atoms with van der Waals surface area (Å²) < 4.78 is 5.53. The van der Waals surface area contributed by atoms with E-state index in [1.165, 1.54) is 0 Å². The first-order chi connectivity index (χ1) is 14.7. The lowest BCUT2D eigenvalue weighted by Gasteiger charge is -2.36. The molecular formula is C23H23N3O3S. The number of hydrogen-bond donors (Lipinski definition) is 0. The first-order valence-electron chi connectivity index (χ1n) is 10.3. The van der Waals surface area contributed by atoms with Crippen LogP contribution < -0.4 is 0 Å². The fourth-order valence-electron chi connectivity index (χ4n) is 4.18. The van der Waals surface area contributed by atoms with Gasteiger partial charge in [-0.15, -0.1) is 11.3 Å². The molecule has 1 unspecified atom stereocenters. The van der Waals surface area contributed by atoms with Gasteiger partial charge in [-0.3, -0.25) is 9.59 Å². The number of thiophene rings is 1. The highest BCUT2D eigenvalue weighted by atomic mass is 32.1. The second-order valence-electron chi connectivity index (χ2n) is 7.67. The van der Waals surface area contributed by atoms with E-state index in [-0.39, 0.29) is 17.9 Å². The molecule has 2 aromatic heterocycles. The highest BCUT2D eigenvalue weighted by molar-refractivity contribution is 7.13. The Morgan fingerprint density at radius 1 is 1.03 bits per heavy atom. The van der Waals surface area contributed by atoms with Gasteiger partial charge in [0.05, 0.1) is 21.7 Å². The minimum Gasteiger partial charge on any atom is -0.368 e. The standard InChI is InChI=1S/C23H23N3O3S/c27-22(25-9-11-26(12-10-25)23(28)20-7-3-13-29-20)17-15-19(21-8-4-14-30-21)24-18-6-2-1-5-16(17)18/h1-2,4-6,8,14-15,20H,3,7,9-13H2.